The molecule has 1 heteroatoms. The smallest absolute Gasteiger partial charge is 0.0715 e. The van der Waals surface area contributed by atoms with Crippen LogP contribution in [0.25, 0.3) is 99.7 Å². The molecule has 0 aliphatic heterocycles. The van der Waals surface area contributed by atoms with E-state index in [1.165, 1.54) is 60.5 Å². The van der Waals surface area contributed by atoms with E-state index < -0.39 is 0 Å². The number of hydrogen-bond donors (Lipinski definition) is 0. The highest BCUT2D eigenvalue weighted by Crippen LogP contribution is 2.37. The minimum atomic E-state index is 0.937. The fourth-order valence-electron chi connectivity index (χ4n) is 8.00. The molecule has 0 spiro atoms. The van der Waals surface area contributed by atoms with E-state index in [0.717, 1.165) is 39.2 Å². The van der Waals surface area contributed by atoms with Crippen LogP contribution in [-0.4, -0.2) is 4.98 Å². The number of nitrogens with zero attached hydrogens (tertiary/aromatic N) is 1. The molecule has 0 saturated heterocycles. The van der Waals surface area contributed by atoms with Gasteiger partial charge in [-0.1, -0.05) is 194 Å². The summed E-state index contributed by atoms with van der Waals surface area (Å²) in [4.78, 5) is 5.40. The number of fused-ring (bicyclic) bond motifs is 2. The monoisotopic (exact) mass is 711 g/mol. The van der Waals surface area contributed by atoms with Crippen molar-refractivity contribution in [3.8, 4) is 78.1 Å². The van der Waals surface area contributed by atoms with Crippen molar-refractivity contribution in [1.29, 1.82) is 0 Å². The molecule has 10 rings (SSSR count). The van der Waals surface area contributed by atoms with Gasteiger partial charge in [0.05, 0.1) is 11.4 Å². The first-order chi connectivity index (χ1) is 27.7. The normalized spacial score (nSPS) is 11.2. The van der Waals surface area contributed by atoms with Crippen molar-refractivity contribution in [2.45, 2.75) is 0 Å². The SMILES string of the molecule is c1ccc(-c2ccc(-c3cc(-c4cccc(-c5cccc(-c6cccc7ccccc67)c5)c4)nc(-c4cccc(-c5cccc6ccccc56)c4)c3)cc2)cc1. The zero-order chi connectivity index (χ0) is 37.3. The van der Waals surface area contributed by atoms with Gasteiger partial charge in [0.25, 0.3) is 0 Å². The van der Waals surface area contributed by atoms with Crippen LogP contribution < -0.4 is 0 Å². The van der Waals surface area contributed by atoms with Crippen LogP contribution >= 0.6 is 0 Å². The number of benzene rings is 9. The Morgan fingerprint density at radius 2 is 0.571 bits per heavy atom. The van der Waals surface area contributed by atoms with Crippen LogP contribution in [0.5, 0.6) is 0 Å². The second kappa shape index (κ2) is 14.5. The number of rotatable bonds is 7. The Morgan fingerprint density at radius 3 is 1.12 bits per heavy atom. The van der Waals surface area contributed by atoms with Crippen LogP contribution in [0.1, 0.15) is 0 Å². The van der Waals surface area contributed by atoms with E-state index in [2.05, 4.69) is 224 Å². The second-order valence-corrected chi connectivity index (χ2v) is 14.4. The van der Waals surface area contributed by atoms with Gasteiger partial charge in [0, 0.05) is 11.1 Å². The van der Waals surface area contributed by atoms with Gasteiger partial charge in [-0.3, -0.25) is 0 Å². The molecule has 0 aliphatic rings. The summed E-state index contributed by atoms with van der Waals surface area (Å²) in [5, 5.41) is 4.99. The van der Waals surface area contributed by atoms with E-state index in [1.54, 1.807) is 0 Å². The maximum atomic E-state index is 5.40. The van der Waals surface area contributed by atoms with E-state index in [4.69, 9.17) is 4.98 Å². The highest BCUT2D eigenvalue weighted by atomic mass is 14.7. The minimum Gasteiger partial charge on any atom is -0.248 e. The highest BCUT2D eigenvalue weighted by Gasteiger charge is 2.13. The van der Waals surface area contributed by atoms with Crippen molar-refractivity contribution >= 4 is 21.5 Å². The zero-order valence-electron chi connectivity index (χ0n) is 30.8. The first-order valence-corrected chi connectivity index (χ1v) is 19.2. The lowest BCUT2D eigenvalue weighted by atomic mass is 9.93. The van der Waals surface area contributed by atoms with Gasteiger partial charge in [-0.2, -0.15) is 0 Å². The van der Waals surface area contributed by atoms with E-state index in [-0.39, 0.29) is 0 Å². The molecule has 0 fully saturated rings. The molecule has 0 saturated carbocycles. The molecule has 0 bridgehead atoms. The summed E-state index contributed by atoms with van der Waals surface area (Å²) in [5.41, 5.74) is 15.9. The van der Waals surface area contributed by atoms with Gasteiger partial charge in [0.2, 0.25) is 0 Å². The summed E-state index contributed by atoms with van der Waals surface area (Å²) >= 11 is 0. The molecule has 10 aromatic rings. The summed E-state index contributed by atoms with van der Waals surface area (Å²) in [5.74, 6) is 0. The summed E-state index contributed by atoms with van der Waals surface area (Å²) < 4.78 is 0. The third-order valence-corrected chi connectivity index (χ3v) is 10.9. The van der Waals surface area contributed by atoms with Crippen molar-refractivity contribution in [3.05, 3.63) is 224 Å². The van der Waals surface area contributed by atoms with E-state index in [9.17, 15) is 0 Å². The maximum Gasteiger partial charge on any atom is 0.0715 e. The standard InChI is InChI=1S/C55H37N/c1-2-13-38(14-3-1)39-29-31-40(32-30-39)49-36-54(56-55(37-49)48-24-10-22-46(35-48)53-28-12-18-42-16-5-7-26-51(42)53)47-23-9-20-44(34-47)43-19-8-21-45(33-43)52-27-11-17-41-15-4-6-25-50(41)52/h1-37H. The van der Waals surface area contributed by atoms with Crippen LogP contribution in [0.2, 0.25) is 0 Å². The predicted octanol–water partition coefficient (Wildman–Crippen LogP) is 15.1. The minimum absolute atomic E-state index is 0.937. The van der Waals surface area contributed by atoms with Crippen molar-refractivity contribution < 1.29 is 0 Å². The first-order valence-electron chi connectivity index (χ1n) is 19.2. The Balaban J connectivity index is 1.08. The quantitative estimate of drug-likeness (QED) is 0.160. The number of hydrogen-bond acceptors (Lipinski definition) is 1. The topological polar surface area (TPSA) is 12.9 Å². The summed E-state index contributed by atoms with van der Waals surface area (Å²) in [6, 6.07) is 80.7. The molecule has 0 amide bonds. The van der Waals surface area contributed by atoms with Crippen molar-refractivity contribution in [3.63, 3.8) is 0 Å². The number of aromatic nitrogens is 1. The molecule has 0 aliphatic carbocycles. The Bertz CT molecular complexity index is 3000. The molecular weight excluding hydrogens is 675 g/mol. The molecule has 0 N–H and O–H groups in total. The highest BCUT2D eigenvalue weighted by molar-refractivity contribution is 5.98. The third-order valence-electron chi connectivity index (χ3n) is 10.9. The van der Waals surface area contributed by atoms with Crippen LogP contribution in [-0.2, 0) is 0 Å². The van der Waals surface area contributed by atoms with Gasteiger partial charge >= 0.3 is 0 Å². The Hall–Kier alpha value is -7.35. The molecule has 9 aromatic carbocycles. The summed E-state index contributed by atoms with van der Waals surface area (Å²) in [6.45, 7) is 0. The van der Waals surface area contributed by atoms with Crippen LogP contribution in [0.4, 0.5) is 0 Å². The Morgan fingerprint density at radius 1 is 0.214 bits per heavy atom. The zero-order valence-corrected chi connectivity index (χ0v) is 30.8. The van der Waals surface area contributed by atoms with Crippen molar-refractivity contribution in [2.75, 3.05) is 0 Å². The van der Waals surface area contributed by atoms with Gasteiger partial charge in [0.15, 0.2) is 0 Å². The van der Waals surface area contributed by atoms with Crippen LogP contribution in [0.3, 0.4) is 0 Å². The van der Waals surface area contributed by atoms with Gasteiger partial charge in [-0.05, 0) is 108 Å². The van der Waals surface area contributed by atoms with Crippen molar-refractivity contribution in [1.82, 2.24) is 4.98 Å². The lowest BCUT2D eigenvalue weighted by Crippen LogP contribution is -1.92. The van der Waals surface area contributed by atoms with E-state index in [1.807, 2.05) is 0 Å². The summed E-state index contributed by atoms with van der Waals surface area (Å²) in [6.07, 6.45) is 0. The van der Waals surface area contributed by atoms with Crippen molar-refractivity contribution in [2.24, 2.45) is 0 Å². The molecule has 56 heavy (non-hydrogen) atoms. The molecule has 0 atom stereocenters. The van der Waals surface area contributed by atoms with Gasteiger partial charge < -0.3 is 0 Å². The molecule has 1 nitrogen and oxygen atoms in total. The maximum absolute atomic E-state index is 5.40. The average molecular weight is 712 g/mol. The Kier molecular flexibility index (Phi) is 8.59. The van der Waals surface area contributed by atoms with E-state index in [0.29, 0.717) is 0 Å². The summed E-state index contributed by atoms with van der Waals surface area (Å²) in [7, 11) is 0. The van der Waals surface area contributed by atoms with Gasteiger partial charge in [0.1, 0.15) is 0 Å². The number of pyridine rings is 1. The molecule has 1 aromatic heterocycles. The van der Waals surface area contributed by atoms with Gasteiger partial charge in [-0.15, -0.1) is 0 Å². The lowest BCUT2D eigenvalue weighted by molar-refractivity contribution is 1.32. The molecule has 1 heterocycles. The molecular formula is C55H37N. The third kappa shape index (κ3) is 6.46. The molecule has 0 unspecified atom stereocenters. The lowest BCUT2D eigenvalue weighted by Gasteiger charge is -2.14. The largest absolute Gasteiger partial charge is 0.248 e. The average Bonchev–Trinajstić information content (AvgIpc) is 3.29. The molecule has 262 valence electrons. The first kappa shape index (κ1) is 33.2. The van der Waals surface area contributed by atoms with Gasteiger partial charge in [-0.25, -0.2) is 4.98 Å². The fourth-order valence-corrected chi connectivity index (χ4v) is 8.00. The Labute approximate surface area is 327 Å². The van der Waals surface area contributed by atoms with E-state index >= 15 is 0 Å². The predicted molar refractivity (Wildman–Crippen MR) is 237 cm³/mol. The fraction of sp³-hybridized carbons (Fsp3) is 0. The van der Waals surface area contributed by atoms with Crippen LogP contribution in [0.15, 0.2) is 224 Å². The molecule has 0 radical (unpaired) electrons. The second-order valence-electron chi connectivity index (χ2n) is 14.4. The van der Waals surface area contributed by atoms with Crippen LogP contribution in [0, 0.1) is 0 Å².